The number of ether oxygens (including phenoxy) is 1. The lowest BCUT2D eigenvalue weighted by molar-refractivity contribution is 0.0624. The first-order valence-electron chi connectivity index (χ1n) is 8.30. The van der Waals surface area contributed by atoms with Crippen molar-refractivity contribution in [1.82, 2.24) is 9.80 Å². The van der Waals surface area contributed by atoms with Crippen molar-refractivity contribution in [3.8, 4) is 11.5 Å². The molecule has 0 spiro atoms. The Balaban J connectivity index is 1.63. The van der Waals surface area contributed by atoms with E-state index in [0.717, 1.165) is 28.9 Å². The van der Waals surface area contributed by atoms with Crippen molar-refractivity contribution < 1.29 is 14.6 Å². The molecule has 1 aliphatic rings. The summed E-state index contributed by atoms with van der Waals surface area (Å²) in [5, 5.41) is 10.6. The maximum Gasteiger partial charge on any atom is 0.257 e. The van der Waals surface area contributed by atoms with Crippen molar-refractivity contribution in [2.75, 3.05) is 33.3 Å². The van der Waals surface area contributed by atoms with Gasteiger partial charge in [-0.25, -0.2) is 0 Å². The van der Waals surface area contributed by atoms with Crippen molar-refractivity contribution in [3.05, 3.63) is 57.0 Å². The maximum absolute atomic E-state index is 12.7. The summed E-state index contributed by atoms with van der Waals surface area (Å²) in [5.74, 6) is 0.667. The van der Waals surface area contributed by atoms with Gasteiger partial charge in [0.15, 0.2) is 0 Å². The van der Waals surface area contributed by atoms with E-state index in [1.807, 2.05) is 18.2 Å². The summed E-state index contributed by atoms with van der Waals surface area (Å²) in [6, 6.07) is 10.5. The number of rotatable bonds is 4. The Morgan fingerprint density at radius 1 is 1.19 bits per heavy atom. The highest BCUT2D eigenvalue weighted by atomic mass is 79.9. The van der Waals surface area contributed by atoms with E-state index in [0.29, 0.717) is 30.2 Å². The lowest BCUT2D eigenvalue weighted by Gasteiger charge is -2.35. The zero-order valence-corrected chi connectivity index (χ0v) is 16.8. The largest absolute Gasteiger partial charge is 0.507 e. The van der Waals surface area contributed by atoms with E-state index in [2.05, 4.69) is 20.8 Å². The molecule has 0 bridgehead atoms. The minimum absolute atomic E-state index is 0.00398. The van der Waals surface area contributed by atoms with Gasteiger partial charge >= 0.3 is 0 Å². The third-order valence-electron chi connectivity index (χ3n) is 4.48. The molecule has 5 nitrogen and oxygen atoms in total. The molecule has 0 aromatic heterocycles. The zero-order valence-electron chi connectivity index (χ0n) is 14.4. The van der Waals surface area contributed by atoms with Crippen LogP contribution < -0.4 is 4.74 Å². The molecule has 0 radical (unpaired) electrons. The van der Waals surface area contributed by atoms with Crippen LogP contribution >= 0.6 is 27.5 Å². The standard InChI is InChI=1S/C19H20BrClN2O3/c1-26-18-5-3-15(21)10-13(18)12-22-6-8-23(9-7-22)19(25)16-11-14(20)2-4-17(16)24/h2-5,10-11,24H,6-9,12H2,1H3. The fourth-order valence-electron chi connectivity index (χ4n) is 3.07. The minimum Gasteiger partial charge on any atom is -0.507 e. The smallest absolute Gasteiger partial charge is 0.257 e. The number of halogens is 2. The summed E-state index contributed by atoms with van der Waals surface area (Å²) in [4.78, 5) is 16.7. The molecule has 2 aromatic rings. The number of aromatic hydroxyl groups is 1. The molecular weight excluding hydrogens is 420 g/mol. The summed E-state index contributed by atoms with van der Waals surface area (Å²) in [7, 11) is 1.65. The lowest BCUT2D eigenvalue weighted by Crippen LogP contribution is -2.48. The molecule has 0 atom stereocenters. The first-order chi connectivity index (χ1) is 12.5. The van der Waals surface area contributed by atoms with Gasteiger partial charge in [0.25, 0.3) is 5.91 Å². The van der Waals surface area contributed by atoms with Crippen molar-refractivity contribution in [2.24, 2.45) is 0 Å². The zero-order chi connectivity index (χ0) is 18.7. The number of piperazine rings is 1. The van der Waals surface area contributed by atoms with Crippen LogP contribution in [0.5, 0.6) is 11.5 Å². The summed E-state index contributed by atoms with van der Waals surface area (Å²) in [6.07, 6.45) is 0. The molecule has 0 saturated carbocycles. The van der Waals surface area contributed by atoms with Crippen LogP contribution in [-0.2, 0) is 6.54 Å². The summed E-state index contributed by atoms with van der Waals surface area (Å²) in [5.41, 5.74) is 1.36. The molecule has 26 heavy (non-hydrogen) atoms. The maximum atomic E-state index is 12.7. The first kappa shape index (κ1) is 19.0. The Hall–Kier alpha value is -1.76. The van der Waals surface area contributed by atoms with Crippen LogP contribution in [0.2, 0.25) is 5.02 Å². The summed E-state index contributed by atoms with van der Waals surface area (Å²) < 4.78 is 6.17. The van der Waals surface area contributed by atoms with Gasteiger partial charge in [-0.3, -0.25) is 9.69 Å². The number of hydrogen-bond acceptors (Lipinski definition) is 4. The van der Waals surface area contributed by atoms with E-state index >= 15 is 0 Å². The molecule has 1 fully saturated rings. The van der Waals surface area contributed by atoms with Gasteiger partial charge in [0.05, 0.1) is 12.7 Å². The second-order valence-electron chi connectivity index (χ2n) is 6.19. The number of carbonyl (C=O) groups excluding carboxylic acids is 1. The highest BCUT2D eigenvalue weighted by molar-refractivity contribution is 9.10. The number of nitrogens with zero attached hydrogens (tertiary/aromatic N) is 2. The Bertz CT molecular complexity index is 807. The van der Waals surface area contributed by atoms with Gasteiger partial charge in [-0.2, -0.15) is 0 Å². The second-order valence-corrected chi connectivity index (χ2v) is 7.54. The minimum atomic E-state index is -0.149. The highest BCUT2D eigenvalue weighted by Crippen LogP contribution is 2.26. The SMILES string of the molecule is COc1ccc(Cl)cc1CN1CCN(C(=O)c2cc(Br)ccc2O)CC1. The monoisotopic (exact) mass is 438 g/mol. The molecular formula is C19H20BrClN2O3. The number of phenolic OH excluding ortho intramolecular Hbond substituents is 1. The molecule has 1 aliphatic heterocycles. The summed E-state index contributed by atoms with van der Waals surface area (Å²) >= 11 is 9.44. The Kier molecular flexibility index (Phi) is 6.06. The van der Waals surface area contributed by atoms with Crippen LogP contribution in [0.4, 0.5) is 0 Å². The Morgan fingerprint density at radius 2 is 1.92 bits per heavy atom. The van der Waals surface area contributed by atoms with Crippen LogP contribution in [0.1, 0.15) is 15.9 Å². The average Bonchev–Trinajstić information content (AvgIpc) is 2.64. The second kappa shape index (κ2) is 8.29. The molecule has 7 heteroatoms. The molecule has 138 valence electrons. The topological polar surface area (TPSA) is 53.0 Å². The normalized spacial score (nSPS) is 15.1. The molecule has 0 aliphatic carbocycles. The average molecular weight is 440 g/mol. The van der Waals surface area contributed by atoms with Gasteiger partial charge in [-0.05, 0) is 36.4 Å². The Labute approximate surface area is 166 Å². The summed E-state index contributed by atoms with van der Waals surface area (Å²) in [6.45, 7) is 3.42. The molecule has 1 N–H and O–H groups in total. The van der Waals surface area contributed by atoms with E-state index in [9.17, 15) is 9.90 Å². The predicted molar refractivity (Wildman–Crippen MR) is 105 cm³/mol. The fourth-order valence-corrected chi connectivity index (χ4v) is 3.63. The van der Waals surface area contributed by atoms with Crippen LogP contribution in [-0.4, -0.2) is 54.1 Å². The third kappa shape index (κ3) is 4.31. The number of amides is 1. The van der Waals surface area contributed by atoms with E-state index in [-0.39, 0.29) is 11.7 Å². The van der Waals surface area contributed by atoms with Crippen molar-refractivity contribution in [2.45, 2.75) is 6.54 Å². The molecule has 0 unspecified atom stereocenters. The van der Waals surface area contributed by atoms with Gasteiger partial charge in [0.1, 0.15) is 11.5 Å². The molecule has 3 rings (SSSR count). The number of phenols is 1. The first-order valence-corrected chi connectivity index (χ1v) is 9.47. The fraction of sp³-hybridized carbons (Fsp3) is 0.316. The van der Waals surface area contributed by atoms with Gasteiger partial charge in [-0.1, -0.05) is 27.5 Å². The van der Waals surface area contributed by atoms with Gasteiger partial charge in [-0.15, -0.1) is 0 Å². The highest BCUT2D eigenvalue weighted by Gasteiger charge is 2.24. The molecule has 1 saturated heterocycles. The number of methoxy groups -OCH3 is 1. The van der Waals surface area contributed by atoms with E-state index in [1.54, 1.807) is 24.1 Å². The number of carbonyl (C=O) groups is 1. The molecule has 2 aromatic carbocycles. The van der Waals surface area contributed by atoms with Gasteiger partial charge in [0.2, 0.25) is 0 Å². The molecule has 1 heterocycles. The number of benzene rings is 2. The molecule has 1 amide bonds. The quantitative estimate of drug-likeness (QED) is 0.788. The van der Waals surface area contributed by atoms with Gasteiger partial charge < -0.3 is 14.7 Å². The van der Waals surface area contributed by atoms with Crippen LogP contribution in [0.25, 0.3) is 0 Å². The van der Waals surface area contributed by atoms with Crippen LogP contribution in [0.3, 0.4) is 0 Å². The number of hydrogen-bond donors (Lipinski definition) is 1. The predicted octanol–water partition coefficient (Wildman–Crippen LogP) is 3.77. The van der Waals surface area contributed by atoms with Crippen molar-refractivity contribution in [3.63, 3.8) is 0 Å². The van der Waals surface area contributed by atoms with Crippen molar-refractivity contribution >= 4 is 33.4 Å². The Morgan fingerprint density at radius 3 is 2.62 bits per heavy atom. The van der Waals surface area contributed by atoms with Crippen LogP contribution in [0.15, 0.2) is 40.9 Å². The lowest BCUT2D eigenvalue weighted by atomic mass is 10.1. The van der Waals surface area contributed by atoms with Crippen molar-refractivity contribution in [1.29, 1.82) is 0 Å². The third-order valence-corrected chi connectivity index (χ3v) is 5.21. The van der Waals surface area contributed by atoms with E-state index in [1.165, 1.54) is 6.07 Å². The van der Waals surface area contributed by atoms with E-state index < -0.39 is 0 Å². The van der Waals surface area contributed by atoms with Gasteiger partial charge in [0, 0.05) is 47.8 Å². The van der Waals surface area contributed by atoms with E-state index in [4.69, 9.17) is 16.3 Å². The van der Waals surface area contributed by atoms with Crippen LogP contribution in [0, 0.1) is 0 Å².